The van der Waals surface area contributed by atoms with Crippen LogP contribution in [0.1, 0.15) is 13.3 Å². The molecule has 2 aromatic heterocycles. The number of carbonyl (C=O) groups is 1. The minimum Gasteiger partial charge on any atom is -0.431 e. The van der Waals surface area contributed by atoms with Crippen LogP contribution in [0, 0.1) is 0 Å². The van der Waals surface area contributed by atoms with Gasteiger partial charge in [0.15, 0.2) is 5.58 Å². The van der Waals surface area contributed by atoms with Gasteiger partial charge in [-0.25, -0.2) is 9.97 Å². The summed E-state index contributed by atoms with van der Waals surface area (Å²) in [5, 5.41) is 3.46. The fraction of sp³-hybridized carbons (Fsp3) is 0.188. The number of benzene rings is 1. The third kappa shape index (κ3) is 3.83. The molecule has 1 amide bonds. The fourth-order valence-electron chi connectivity index (χ4n) is 2.00. The number of thioether (sulfide) groups is 1. The number of nitrogens with one attached hydrogen (secondary N) is 1. The lowest BCUT2D eigenvalue weighted by Crippen LogP contribution is -2.25. The van der Waals surface area contributed by atoms with Gasteiger partial charge in [0.05, 0.1) is 10.3 Å². The molecule has 118 valence electrons. The molecule has 0 saturated carbocycles. The Bertz CT molecular complexity index is 787. The molecule has 3 rings (SSSR count). The molecule has 7 heteroatoms. The highest BCUT2D eigenvalue weighted by Gasteiger charge is 2.21. The monoisotopic (exact) mass is 347 g/mol. The second-order valence-corrected chi connectivity index (χ2v) is 6.40. The van der Waals surface area contributed by atoms with Crippen molar-refractivity contribution < 1.29 is 9.21 Å². The van der Waals surface area contributed by atoms with E-state index in [-0.39, 0.29) is 11.2 Å². The molecule has 5 nitrogen and oxygen atoms in total. The zero-order valence-corrected chi connectivity index (χ0v) is 13.9. The van der Waals surface area contributed by atoms with E-state index in [4.69, 9.17) is 16.0 Å². The summed E-state index contributed by atoms with van der Waals surface area (Å²) in [6.45, 7) is 1.94. The first kappa shape index (κ1) is 15.8. The van der Waals surface area contributed by atoms with E-state index in [1.165, 1.54) is 18.0 Å². The Hall–Kier alpha value is -2.05. The number of oxazole rings is 1. The number of pyridine rings is 1. The summed E-state index contributed by atoms with van der Waals surface area (Å²) in [5.41, 5.74) is 1.49. The Kier molecular flexibility index (Phi) is 4.83. The number of nitrogens with zero attached hydrogens (tertiary/aromatic N) is 2. The molecule has 0 aliphatic carbocycles. The van der Waals surface area contributed by atoms with E-state index in [2.05, 4.69) is 15.3 Å². The Morgan fingerprint density at radius 2 is 2.17 bits per heavy atom. The standard InChI is InChI=1S/C16H14ClN3O2S/c1-2-13(15(21)20-14-8-7-10(17)9-18-14)23-16-19-11-5-3-4-6-12(11)22-16/h3-9,13H,2H2,1H3,(H,18,20,21)/t13-/m1/s1. The maximum atomic E-state index is 12.4. The highest BCUT2D eigenvalue weighted by Crippen LogP contribution is 2.28. The van der Waals surface area contributed by atoms with Gasteiger partial charge in [0, 0.05) is 6.20 Å². The van der Waals surface area contributed by atoms with Crippen molar-refractivity contribution in [3.63, 3.8) is 0 Å². The molecule has 0 aliphatic rings. The lowest BCUT2D eigenvalue weighted by molar-refractivity contribution is -0.115. The first-order valence-corrected chi connectivity index (χ1v) is 8.36. The molecule has 2 heterocycles. The number of rotatable bonds is 5. The molecule has 3 aromatic rings. The summed E-state index contributed by atoms with van der Waals surface area (Å²) in [5.74, 6) is 0.325. The lowest BCUT2D eigenvalue weighted by atomic mass is 10.3. The molecule has 0 unspecified atom stereocenters. The van der Waals surface area contributed by atoms with E-state index in [1.807, 2.05) is 31.2 Å². The number of aromatic nitrogens is 2. The van der Waals surface area contributed by atoms with Crippen LogP contribution in [0.5, 0.6) is 0 Å². The number of hydrogen-bond acceptors (Lipinski definition) is 5. The summed E-state index contributed by atoms with van der Waals surface area (Å²) in [6.07, 6.45) is 2.13. The summed E-state index contributed by atoms with van der Waals surface area (Å²) in [7, 11) is 0. The van der Waals surface area contributed by atoms with Crippen LogP contribution in [0.4, 0.5) is 5.82 Å². The number of anilines is 1. The van der Waals surface area contributed by atoms with Crippen LogP contribution in [0.25, 0.3) is 11.1 Å². The molecule has 0 radical (unpaired) electrons. The summed E-state index contributed by atoms with van der Waals surface area (Å²) in [4.78, 5) is 20.8. The average Bonchev–Trinajstić information content (AvgIpc) is 2.97. The highest BCUT2D eigenvalue weighted by molar-refractivity contribution is 8.00. The molecule has 23 heavy (non-hydrogen) atoms. The van der Waals surface area contributed by atoms with Crippen LogP contribution in [0.2, 0.25) is 5.02 Å². The van der Waals surface area contributed by atoms with E-state index in [1.54, 1.807) is 12.1 Å². The Morgan fingerprint density at radius 3 is 2.87 bits per heavy atom. The summed E-state index contributed by atoms with van der Waals surface area (Å²) in [6, 6.07) is 10.9. The van der Waals surface area contributed by atoms with Gasteiger partial charge in [0.1, 0.15) is 11.3 Å². The van der Waals surface area contributed by atoms with E-state index >= 15 is 0 Å². The molecular formula is C16H14ClN3O2S. The van der Waals surface area contributed by atoms with Crippen molar-refractivity contribution in [3.05, 3.63) is 47.6 Å². The predicted molar refractivity (Wildman–Crippen MR) is 91.8 cm³/mol. The minimum absolute atomic E-state index is 0.144. The molecule has 0 spiro atoms. The largest absolute Gasteiger partial charge is 0.431 e. The average molecular weight is 348 g/mol. The number of fused-ring (bicyclic) bond motifs is 1. The van der Waals surface area contributed by atoms with Crippen molar-refractivity contribution in [3.8, 4) is 0 Å². The number of halogens is 1. The van der Waals surface area contributed by atoms with Gasteiger partial charge in [-0.1, -0.05) is 42.4 Å². The molecule has 1 N–H and O–H groups in total. The normalized spacial score (nSPS) is 12.3. The van der Waals surface area contributed by atoms with Crippen LogP contribution in [0.3, 0.4) is 0 Å². The summed E-state index contributed by atoms with van der Waals surface area (Å²) >= 11 is 7.09. The van der Waals surface area contributed by atoms with Crippen LogP contribution < -0.4 is 5.32 Å². The smallest absolute Gasteiger partial charge is 0.257 e. The van der Waals surface area contributed by atoms with Gasteiger partial charge < -0.3 is 9.73 Å². The van der Waals surface area contributed by atoms with Crippen molar-refractivity contribution in [1.29, 1.82) is 0 Å². The molecule has 1 aromatic carbocycles. The van der Waals surface area contributed by atoms with Crippen molar-refractivity contribution >= 4 is 46.2 Å². The van der Waals surface area contributed by atoms with Gasteiger partial charge in [-0.3, -0.25) is 4.79 Å². The topological polar surface area (TPSA) is 68.0 Å². The van der Waals surface area contributed by atoms with Gasteiger partial charge >= 0.3 is 0 Å². The van der Waals surface area contributed by atoms with Crippen LogP contribution in [-0.4, -0.2) is 21.1 Å². The van der Waals surface area contributed by atoms with Gasteiger partial charge in [0.25, 0.3) is 5.22 Å². The molecule has 0 fully saturated rings. The van der Waals surface area contributed by atoms with E-state index in [0.717, 1.165) is 5.52 Å². The minimum atomic E-state index is -0.319. The predicted octanol–water partition coefficient (Wildman–Crippen LogP) is 4.39. The Balaban J connectivity index is 1.71. The Morgan fingerprint density at radius 1 is 1.35 bits per heavy atom. The highest BCUT2D eigenvalue weighted by atomic mass is 35.5. The SMILES string of the molecule is CC[C@@H](Sc1nc2ccccc2o1)C(=O)Nc1ccc(Cl)cn1. The lowest BCUT2D eigenvalue weighted by Gasteiger charge is -2.12. The number of carbonyl (C=O) groups excluding carboxylic acids is 1. The van der Waals surface area contributed by atoms with Gasteiger partial charge in [-0.05, 0) is 30.7 Å². The van der Waals surface area contributed by atoms with Crippen molar-refractivity contribution in [2.75, 3.05) is 5.32 Å². The third-order valence-electron chi connectivity index (χ3n) is 3.16. The van der Waals surface area contributed by atoms with Crippen LogP contribution >= 0.6 is 23.4 Å². The number of hydrogen-bond donors (Lipinski definition) is 1. The van der Waals surface area contributed by atoms with Crippen molar-refractivity contribution in [2.24, 2.45) is 0 Å². The fourth-order valence-corrected chi connectivity index (χ4v) is 2.98. The summed E-state index contributed by atoms with van der Waals surface area (Å²) < 4.78 is 5.66. The van der Waals surface area contributed by atoms with Gasteiger partial charge in [0.2, 0.25) is 5.91 Å². The first-order chi connectivity index (χ1) is 11.2. The first-order valence-electron chi connectivity index (χ1n) is 7.10. The zero-order chi connectivity index (χ0) is 16.2. The van der Waals surface area contributed by atoms with E-state index < -0.39 is 0 Å². The van der Waals surface area contributed by atoms with E-state index in [9.17, 15) is 4.79 Å². The number of para-hydroxylation sites is 2. The zero-order valence-electron chi connectivity index (χ0n) is 12.3. The number of amides is 1. The van der Waals surface area contributed by atoms with Gasteiger partial charge in [-0.15, -0.1) is 0 Å². The van der Waals surface area contributed by atoms with Crippen LogP contribution in [-0.2, 0) is 4.79 Å². The maximum absolute atomic E-state index is 12.4. The van der Waals surface area contributed by atoms with Gasteiger partial charge in [-0.2, -0.15) is 0 Å². The molecule has 0 aliphatic heterocycles. The molecule has 0 saturated heterocycles. The van der Waals surface area contributed by atoms with Crippen LogP contribution in [0.15, 0.2) is 52.2 Å². The molecule has 0 bridgehead atoms. The maximum Gasteiger partial charge on any atom is 0.257 e. The van der Waals surface area contributed by atoms with E-state index in [0.29, 0.717) is 28.1 Å². The van der Waals surface area contributed by atoms with Crippen molar-refractivity contribution in [1.82, 2.24) is 9.97 Å². The third-order valence-corrected chi connectivity index (χ3v) is 4.59. The molecule has 1 atom stereocenters. The second-order valence-electron chi connectivity index (χ2n) is 4.81. The Labute approximate surface area is 142 Å². The quantitative estimate of drug-likeness (QED) is 0.693. The molecular weight excluding hydrogens is 334 g/mol. The van der Waals surface area contributed by atoms with Crippen molar-refractivity contribution in [2.45, 2.75) is 23.8 Å². The second kappa shape index (κ2) is 7.02.